The Morgan fingerprint density at radius 2 is 2.20 bits per heavy atom. The third kappa shape index (κ3) is 1.26. The van der Waals surface area contributed by atoms with Crippen molar-refractivity contribution in [1.82, 2.24) is 0 Å². The van der Waals surface area contributed by atoms with Crippen molar-refractivity contribution in [1.29, 1.82) is 0 Å². The van der Waals surface area contributed by atoms with Crippen LogP contribution in [0.2, 0.25) is 0 Å². The van der Waals surface area contributed by atoms with E-state index in [-0.39, 0.29) is 6.10 Å². The van der Waals surface area contributed by atoms with Crippen molar-refractivity contribution in [3.8, 4) is 0 Å². The van der Waals surface area contributed by atoms with E-state index in [4.69, 9.17) is 0 Å². The van der Waals surface area contributed by atoms with E-state index >= 15 is 0 Å². The van der Waals surface area contributed by atoms with Gasteiger partial charge in [-0.1, -0.05) is 30.3 Å². The smallest absolute Gasteiger partial charge is 0.0755 e. The highest BCUT2D eigenvalue weighted by Gasteiger charge is 2.55. The molecule has 0 aliphatic heterocycles. The molecule has 1 saturated carbocycles. The Balaban J connectivity index is 1.93. The Bertz CT molecular complexity index is 396. The summed E-state index contributed by atoms with van der Waals surface area (Å²) < 4.78 is 0. The van der Waals surface area contributed by atoms with E-state index in [0.717, 1.165) is 0 Å². The summed E-state index contributed by atoms with van der Waals surface area (Å²) in [4.78, 5) is 0. The van der Waals surface area contributed by atoms with Crippen LogP contribution in [0.15, 0.2) is 36.9 Å². The molecule has 3 rings (SSSR count). The van der Waals surface area contributed by atoms with Gasteiger partial charge in [0.1, 0.15) is 0 Å². The SMILES string of the molecule is C=CC(O)C1C2CCc3ccccc3C21. The van der Waals surface area contributed by atoms with Crippen molar-refractivity contribution < 1.29 is 5.11 Å². The van der Waals surface area contributed by atoms with Crippen LogP contribution in [0.3, 0.4) is 0 Å². The lowest BCUT2D eigenvalue weighted by Gasteiger charge is -2.13. The highest BCUT2D eigenvalue weighted by molar-refractivity contribution is 5.40. The average molecular weight is 200 g/mol. The summed E-state index contributed by atoms with van der Waals surface area (Å²) in [5.74, 6) is 1.74. The molecule has 0 aromatic heterocycles. The van der Waals surface area contributed by atoms with Gasteiger partial charge in [-0.25, -0.2) is 0 Å². The van der Waals surface area contributed by atoms with Crippen molar-refractivity contribution in [2.24, 2.45) is 11.8 Å². The average Bonchev–Trinajstić information content (AvgIpc) is 3.02. The van der Waals surface area contributed by atoms with Gasteiger partial charge in [0.15, 0.2) is 0 Å². The molecule has 1 aromatic carbocycles. The minimum Gasteiger partial charge on any atom is -0.389 e. The summed E-state index contributed by atoms with van der Waals surface area (Å²) in [5.41, 5.74) is 2.96. The first-order valence-corrected chi connectivity index (χ1v) is 5.71. The summed E-state index contributed by atoms with van der Waals surface area (Å²) >= 11 is 0. The Hall–Kier alpha value is -1.08. The lowest BCUT2D eigenvalue weighted by atomic mass is 9.92. The van der Waals surface area contributed by atoms with Gasteiger partial charge in [-0.15, -0.1) is 6.58 Å². The number of benzene rings is 1. The molecule has 4 unspecified atom stereocenters. The molecule has 1 N–H and O–H groups in total. The van der Waals surface area contributed by atoms with E-state index in [1.165, 1.54) is 24.0 Å². The van der Waals surface area contributed by atoms with Gasteiger partial charge in [0.25, 0.3) is 0 Å². The molecule has 0 amide bonds. The molecule has 0 radical (unpaired) electrons. The first-order chi connectivity index (χ1) is 7.33. The maximum Gasteiger partial charge on any atom is 0.0755 e. The number of rotatable bonds is 2. The lowest BCUT2D eigenvalue weighted by Crippen LogP contribution is -2.06. The number of fused-ring (bicyclic) bond motifs is 3. The van der Waals surface area contributed by atoms with E-state index in [0.29, 0.717) is 17.8 Å². The Morgan fingerprint density at radius 1 is 1.40 bits per heavy atom. The monoisotopic (exact) mass is 200 g/mol. The van der Waals surface area contributed by atoms with Gasteiger partial charge >= 0.3 is 0 Å². The van der Waals surface area contributed by atoms with E-state index < -0.39 is 0 Å². The molecule has 78 valence electrons. The van der Waals surface area contributed by atoms with Crippen molar-refractivity contribution in [2.45, 2.75) is 24.9 Å². The lowest BCUT2D eigenvalue weighted by molar-refractivity contribution is 0.191. The molecule has 0 saturated heterocycles. The molecule has 2 aliphatic carbocycles. The third-order valence-corrected chi connectivity index (χ3v) is 4.03. The molecule has 4 atom stereocenters. The molecular formula is C14H16O. The zero-order valence-corrected chi connectivity index (χ0v) is 8.76. The standard InChI is InChI=1S/C14H16O/c1-2-12(15)14-11-8-7-9-5-3-4-6-10(9)13(11)14/h2-6,11-15H,1,7-8H2. The first kappa shape index (κ1) is 9.17. The van der Waals surface area contributed by atoms with Gasteiger partial charge in [-0.2, -0.15) is 0 Å². The van der Waals surface area contributed by atoms with Crippen LogP contribution in [0.5, 0.6) is 0 Å². The third-order valence-electron chi connectivity index (χ3n) is 4.03. The normalized spacial score (nSPS) is 33.8. The minimum absolute atomic E-state index is 0.314. The van der Waals surface area contributed by atoms with Crippen LogP contribution in [-0.4, -0.2) is 11.2 Å². The van der Waals surface area contributed by atoms with Crippen LogP contribution < -0.4 is 0 Å². The zero-order chi connectivity index (χ0) is 10.4. The van der Waals surface area contributed by atoms with Gasteiger partial charge in [-0.3, -0.25) is 0 Å². The number of hydrogen-bond donors (Lipinski definition) is 1. The van der Waals surface area contributed by atoms with E-state index in [9.17, 15) is 5.11 Å². The van der Waals surface area contributed by atoms with Crippen LogP contribution in [0.25, 0.3) is 0 Å². The van der Waals surface area contributed by atoms with E-state index in [1.54, 1.807) is 6.08 Å². The second-order valence-corrected chi connectivity index (χ2v) is 4.73. The van der Waals surface area contributed by atoms with Crippen LogP contribution in [0.1, 0.15) is 23.5 Å². The predicted molar refractivity (Wildman–Crippen MR) is 60.7 cm³/mol. The molecule has 1 heteroatoms. The molecule has 0 bridgehead atoms. The molecule has 0 spiro atoms. The van der Waals surface area contributed by atoms with Crippen LogP contribution >= 0.6 is 0 Å². The summed E-state index contributed by atoms with van der Waals surface area (Å²) in [6, 6.07) is 8.67. The Labute approximate surface area is 90.4 Å². The fourth-order valence-electron chi connectivity index (χ4n) is 3.24. The van der Waals surface area contributed by atoms with Gasteiger partial charge in [0.2, 0.25) is 0 Å². The summed E-state index contributed by atoms with van der Waals surface area (Å²) in [7, 11) is 0. The van der Waals surface area contributed by atoms with E-state index in [2.05, 4.69) is 30.8 Å². The molecule has 15 heavy (non-hydrogen) atoms. The summed E-state index contributed by atoms with van der Waals surface area (Å²) in [6.07, 6.45) is 3.78. The van der Waals surface area contributed by atoms with Crippen molar-refractivity contribution >= 4 is 0 Å². The van der Waals surface area contributed by atoms with Crippen molar-refractivity contribution in [3.63, 3.8) is 0 Å². The van der Waals surface area contributed by atoms with Gasteiger partial charge in [0.05, 0.1) is 6.10 Å². The molecule has 0 heterocycles. The maximum absolute atomic E-state index is 9.84. The van der Waals surface area contributed by atoms with Gasteiger partial charge < -0.3 is 5.11 Å². The van der Waals surface area contributed by atoms with Crippen LogP contribution in [-0.2, 0) is 6.42 Å². The highest BCUT2D eigenvalue weighted by Crippen LogP contribution is 2.61. The summed E-state index contributed by atoms with van der Waals surface area (Å²) in [6.45, 7) is 3.69. The number of aliphatic hydroxyl groups excluding tert-OH is 1. The Morgan fingerprint density at radius 3 is 3.00 bits per heavy atom. The number of aliphatic hydroxyl groups is 1. The largest absolute Gasteiger partial charge is 0.389 e. The molecular weight excluding hydrogens is 184 g/mol. The second kappa shape index (κ2) is 3.21. The quantitative estimate of drug-likeness (QED) is 0.727. The maximum atomic E-state index is 9.84. The van der Waals surface area contributed by atoms with Crippen molar-refractivity contribution in [3.05, 3.63) is 48.0 Å². The number of aryl methyl sites for hydroxylation is 1. The fraction of sp³-hybridized carbons (Fsp3) is 0.429. The molecule has 2 aliphatic rings. The predicted octanol–water partition coefficient (Wildman–Crippen LogP) is 2.51. The fourth-order valence-corrected chi connectivity index (χ4v) is 3.24. The molecule has 1 fully saturated rings. The number of hydrogen-bond acceptors (Lipinski definition) is 1. The highest BCUT2D eigenvalue weighted by atomic mass is 16.3. The molecule has 1 nitrogen and oxygen atoms in total. The van der Waals surface area contributed by atoms with Crippen LogP contribution in [0, 0.1) is 11.8 Å². The topological polar surface area (TPSA) is 20.2 Å². The van der Waals surface area contributed by atoms with Crippen LogP contribution in [0.4, 0.5) is 0 Å². The van der Waals surface area contributed by atoms with Crippen molar-refractivity contribution in [2.75, 3.05) is 0 Å². The second-order valence-electron chi connectivity index (χ2n) is 4.73. The van der Waals surface area contributed by atoms with Gasteiger partial charge in [-0.05, 0) is 41.7 Å². The Kier molecular flexibility index (Phi) is 1.96. The zero-order valence-electron chi connectivity index (χ0n) is 8.76. The van der Waals surface area contributed by atoms with Gasteiger partial charge in [0, 0.05) is 0 Å². The molecule has 1 aromatic rings. The van der Waals surface area contributed by atoms with E-state index in [1.807, 2.05) is 0 Å². The minimum atomic E-state index is -0.314. The summed E-state index contributed by atoms with van der Waals surface area (Å²) in [5, 5.41) is 9.84. The first-order valence-electron chi connectivity index (χ1n) is 5.71.